The summed E-state index contributed by atoms with van der Waals surface area (Å²) in [5.74, 6) is 1.30. The van der Waals surface area contributed by atoms with E-state index in [2.05, 4.69) is 52.0 Å². The maximum Gasteiger partial charge on any atom is 0.139 e. The van der Waals surface area contributed by atoms with Gasteiger partial charge in [-0.1, -0.05) is 20.4 Å². The largest absolute Gasteiger partial charge is 0.385 e. The minimum atomic E-state index is -0.309. The van der Waals surface area contributed by atoms with E-state index in [1.807, 2.05) is 18.3 Å². The minimum absolute atomic E-state index is 0.307. The van der Waals surface area contributed by atoms with Gasteiger partial charge in [0.1, 0.15) is 11.6 Å². The molecule has 0 amide bonds. The molecule has 0 atom stereocenters. The van der Waals surface area contributed by atoms with Crippen molar-refractivity contribution in [1.82, 2.24) is 10.3 Å². The highest BCUT2D eigenvalue weighted by Gasteiger charge is 2.16. The average molecular weight is 448 g/mol. The van der Waals surface area contributed by atoms with Gasteiger partial charge in [-0.05, 0) is 70.4 Å². The second kappa shape index (κ2) is 9.52. The Labute approximate surface area is 174 Å². The van der Waals surface area contributed by atoms with Crippen LogP contribution in [0.15, 0.2) is 41.5 Å². The first-order chi connectivity index (χ1) is 13.4. The van der Waals surface area contributed by atoms with Gasteiger partial charge in [0.05, 0.1) is 4.47 Å². The topological polar surface area (TPSA) is 46.2 Å². The van der Waals surface area contributed by atoms with E-state index in [1.165, 1.54) is 6.07 Å². The van der Waals surface area contributed by atoms with Crippen LogP contribution in [0.25, 0.3) is 5.70 Å². The van der Waals surface area contributed by atoms with E-state index in [9.17, 15) is 4.39 Å². The molecule has 6 heteroatoms. The van der Waals surface area contributed by atoms with Gasteiger partial charge < -0.3 is 15.4 Å². The maximum absolute atomic E-state index is 13.8. The molecule has 0 saturated carbocycles. The van der Waals surface area contributed by atoms with E-state index in [1.54, 1.807) is 6.07 Å². The van der Waals surface area contributed by atoms with E-state index < -0.39 is 0 Å². The molecule has 1 saturated heterocycles. The Morgan fingerprint density at radius 1 is 1.32 bits per heavy atom. The van der Waals surface area contributed by atoms with Crippen LogP contribution < -0.4 is 10.6 Å². The molecule has 1 aliphatic rings. The first-order valence-electron chi connectivity index (χ1n) is 9.67. The number of pyridine rings is 1. The molecule has 2 aromatic rings. The zero-order valence-electron chi connectivity index (χ0n) is 16.4. The lowest BCUT2D eigenvalue weighted by Gasteiger charge is -2.24. The van der Waals surface area contributed by atoms with Gasteiger partial charge in [-0.15, -0.1) is 0 Å². The molecule has 2 N–H and O–H groups in total. The van der Waals surface area contributed by atoms with Crippen LogP contribution in [0.4, 0.5) is 15.9 Å². The number of aromatic nitrogens is 1. The lowest BCUT2D eigenvalue weighted by atomic mass is 9.96. The summed E-state index contributed by atoms with van der Waals surface area (Å²) in [5, 5.41) is 6.66. The Morgan fingerprint density at radius 3 is 2.75 bits per heavy atom. The number of benzene rings is 1. The van der Waals surface area contributed by atoms with Crippen molar-refractivity contribution >= 4 is 33.1 Å². The van der Waals surface area contributed by atoms with Gasteiger partial charge in [0, 0.05) is 42.9 Å². The Hall–Kier alpha value is -1.92. The number of anilines is 2. The zero-order chi connectivity index (χ0) is 20.1. The highest BCUT2D eigenvalue weighted by molar-refractivity contribution is 9.10. The van der Waals surface area contributed by atoms with Gasteiger partial charge in [-0.25, -0.2) is 9.37 Å². The summed E-state index contributed by atoms with van der Waals surface area (Å²) in [7, 11) is 0. The fraction of sp³-hybridized carbons (Fsp3) is 0.409. The molecule has 0 aliphatic carbocycles. The third-order valence-corrected chi connectivity index (χ3v) is 5.66. The van der Waals surface area contributed by atoms with Crippen molar-refractivity contribution in [3.8, 4) is 0 Å². The molecule has 2 heterocycles. The summed E-state index contributed by atoms with van der Waals surface area (Å²) in [6, 6.07) is 6.95. The van der Waals surface area contributed by atoms with E-state index in [4.69, 9.17) is 4.74 Å². The smallest absolute Gasteiger partial charge is 0.139 e. The van der Waals surface area contributed by atoms with Gasteiger partial charge in [-0.2, -0.15) is 0 Å². The molecule has 0 unspecified atom stereocenters. The van der Waals surface area contributed by atoms with Crippen LogP contribution in [0.1, 0.15) is 43.7 Å². The summed E-state index contributed by atoms with van der Waals surface area (Å²) < 4.78 is 19.6. The average Bonchev–Trinajstić information content (AvgIpc) is 2.69. The molecule has 0 radical (unpaired) electrons. The van der Waals surface area contributed by atoms with Crippen LogP contribution in [-0.2, 0) is 4.74 Å². The molecule has 4 nitrogen and oxygen atoms in total. The number of nitrogens with zero attached hydrogens (tertiary/aromatic N) is 1. The normalized spacial score (nSPS) is 14.9. The van der Waals surface area contributed by atoms with Gasteiger partial charge in [0.2, 0.25) is 0 Å². The molecule has 1 aromatic carbocycles. The van der Waals surface area contributed by atoms with Gasteiger partial charge in [0.15, 0.2) is 0 Å². The van der Waals surface area contributed by atoms with Crippen LogP contribution >= 0.6 is 15.9 Å². The lowest BCUT2D eigenvalue weighted by Crippen LogP contribution is -2.27. The number of rotatable bonds is 7. The van der Waals surface area contributed by atoms with Crippen molar-refractivity contribution in [2.75, 3.05) is 25.1 Å². The number of hydrogen-bond acceptors (Lipinski definition) is 4. The van der Waals surface area contributed by atoms with Gasteiger partial charge >= 0.3 is 0 Å². The number of nitrogens with one attached hydrogen (secondary N) is 2. The molecular weight excluding hydrogens is 421 g/mol. The highest BCUT2D eigenvalue weighted by Crippen LogP contribution is 2.28. The zero-order valence-corrected chi connectivity index (χ0v) is 18.0. The third-order valence-electron chi connectivity index (χ3n) is 5.02. The predicted octanol–water partition coefficient (Wildman–Crippen LogP) is 5.84. The molecule has 1 fully saturated rings. The van der Waals surface area contributed by atoms with Crippen LogP contribution in [-0.4, -0.2) is 24.7 Å². The summed E-state index contributed by atoms with van der Waals surface area (Å²) >= 11 is 3.17. The predicted molar refractivity (Wildman–Crippen MR) is 116 cm³/mol. The fourth-order valence-corrected chi connectivity index (χ4v) is 3.55. The summed E-state index contributed by atoms with van der Waals surface area (Å²) in [5.41, 5.74) is 3.73. The Kier molecular flexibility index (Phi) is 7.08. The first kappa shape index (κ1) is 20.8. The van der Waals surface area contributed by atoms with Gasteiger partial charge in [-0.3, -0.25) is 0 Å². The SMILES string of the molecule is C=C(NCC1CCOCC1)c1cnc(Nc2ccc(Br)c(F)c2)cc1C(C)C. The van der Waals surface area contributed by atoms with Crippen LogP contribution in [0.2, 0.25) is 0 Å². The van der Waals surface area contributed by atoms with E-state index in [0.29, 0.717) is 27.8 Å². The van der Waals surface area contributed by atoms with Crippen LogP contribution in [0.3, 0.4) is 0 Å². The van der Waals surface area contributed by atoms with E-state index >= 15 is 0 Å². The number of hydrogen-bond donors (Lipinski definition) is 2. The first-order valence-corrected chi connectivity index (χ1v) is 10.5. The molecular formula is C22H27BrFN3O. The molecule has 0 bridgehead atoms. The third kappa shape index (κ3) is 5.32. The van der Waals surface area contributed by atoms with Gasteiger partial charge in [0.25, 0.3) is 0 Å². The Bertz CT molecular complexity index is 835. The summed E-state index contributed by atoms with van der Waals surface area (Å²) in [6.07, 6.45) is 4.01. The van der Waals surface area contributed by atoms with Crippen molar-refractivity contribution in [2.45, 2.75) is 32.6 Å². The number of halogens is 2. The molecule has 0 spiro atoms. The van der Waals surface area contributed by atoms with Crippen molar-refractivity contribution in [3.63, 3.8) is 0 Å². The van der Waals surface area contributed by atoms with Crippen molar-refractivity contribution in [3.05, 3.63) is 58.5 Å². The number of ether oxygens (including phenoxy) is 1. The minimum Gasteiger partial charge on any atom is -0.385 e. The molecule has 150 valence electrons. The van der Waals surface area contributed by atoms with Crippen LogP contribution in [0.5, 0.6) is 0 Å². The molecule has 28 heavy (non-hydrogen) atoms. The molecule has 3 rings (SSSR count). The maximum atomic E-state index is 13.8. The fourth-order valence-electron chi connectivity index (χ4n) is 3.30. The highest BCUT2D eigenvalue weighted by atomic mass is 79.9. The van der Waals surface area contributed by atoms with Crippen molar-refractivity contribution in [1.29, 1.82) is 0 Å². The molecule has 1 aromatic heterocycles. The second-order valence-corrected chi connectivity index (χ2v) is 8.33. The second-order valence-electron chi connectivity index (χ2n) is 7.48. The quantitative estimate of drug-likeness (QED) is 0.559. The molecule has 1 aliphatic heterocycles. The monoisotopic (exact) mass is 447 g/mol. The Balaban J connectivity index is 1.72. The van der Waals surface area contributed by atoms with E-state index in [0.717, 1.165) is 49.4 Å². The van der Waals surface area contributed by atoms with E-state index in [-0.39, 0.29) is 5.82 Å². The summed E-state index contributed by atoms with van der Waals surface area (Å²) in [6.45, 7) is 11.1. The Morgan fingerprint density at radius 2 is 2.07 bits per heavy atom. The lowest BCUT2D eigenvalue weighted by molar-refractivity contribution is 0.0674. The van der Waals surface area contributed by atoms with Crippen LogP contribution in [0, 0.1) is 11.7 Å². The standard InChI is InChI=1S/C22H27BrFN3O/c1-14(2)18-11-22(27-17-4-5-20(23)21(24)10-17)26-13-19(18)15(3)25-12-16-6-8-28-9-7-16/h4-5,10-11,13-14,16,25H,3,6-9,12H2,1-2H3,(H,26,27). The summed E-state index contributed by atoms with van der Waals surface area (Å²) in [4.78, 5) is 4.52. The van der Waals surface area contributed by atoms with Crippen molar-refractivity contribution < 1.29 is 9.13 Å². The van der Waals surface area contributed by atoms with Crippen molar-refractivity contribution in [2.24, 2.45) is 5.92 Å².